The van der Waals surface area contributed by atoms with Gasteiger partial charge >= 0.3 is 0 Å². The van der Waals surface area contributed by atoms with Crippen LogP contribution in [-0.2, 0) is 12.8 Å². The van der Waals surface area contributed by atoms with E-state index in [4.69, 9.17) is 12.2 Å². The number of hydrogen-bond donors (Lipinski definition) is 2. The molecule has 0 bridgehead atoms. The Bertz CT molecular complexity index is 637. The molecule has 2 nitrogen and oxygen atoms in total. The summed E-state index contributed by atoms with van der Waals surface area (Å²) in [5.41, 5.74) is 5.32. The van der Waals surface area contributed by atoms with Crippen LogP contribution in [0, 0.1) is 0 Å². The molecule has 0 spiro atoms. The molecule has 1 aliphatic carbocycles. The molecule has 0 aromatic heterocycles. The number of thiocarbonyl (C=S) groups is 1. The fourth-order valence-corrected chi connectivity index (χ4v) is 3.12. The number of anilines is 1. The van der Waals surface area contributed by atoms with Crippen LogP contribution in [-0.4, -0.2) is 5.11 Å². The third-order valence-corrected chi connectivity index (χ3v) is 4.22. The lowest BCUT2D eigenvalue weighted by Crippen LogP contribution is -2.30. The van der Waals surface area contributed by atoms with Gasteiger partial charge in [0.15, 0.2) is 5.11 Å². The van der Waals surface area contributed by atoms with Gasteiger partial charge in [-0.05, 0) is 67.2 Å². The summed E-state index contributed by atoms with van der Waals surface area (Å²) in [6.07, 6.45) is 3.72. The Morgan fingerprint density at radius 2 is 1.81 bits per heavy atom. The molecule has 2 N–H and O–H groups in total. The highest BCUT2D eigenvalue weighted by Crippen LogP contribution is 2.25. The second kappa shape index (κ2) is 6.27. The van der Waals surface area contributed by atoms with Crippen molar-refractivity contribution in [3.63, 3.8) is 0 Å². The van der Waals surface area contributed by atoms with Gasteiger partial charge in [-0.1, -0.05) is 36.4 Å². The average molecular weight is 296 g/mol. The summed E-state index contributed by atoms with van der Waals surface area (Å²) in [7, 11) is 0. The lowest BCUT2D eigenvalue weighted by molar-refractivity contribution is 0.721. The minimum Gasteiger partial charge on any atom is -0.356 e. The van der Waals surface area contributed by atoms with Gasteiger partial charge in [0.2, 0.25) is 0 Å². The average Bonchev–Trinajstić information content (AvgIpc) is 2.95. The van der Waals surface area contributed by atoms with Crippen LogP contribution in [0.2, 0.25) is 0 Å². The van der Waals surface area contributed by atoms with Gasteiger partial charge in [0.05, 0.1) is 6.04 Å². The number of rotatable bonds is 3. The number of benzene rings is 2. The Balaban J connectivity index is 1.63. The molecule has 0 aliphatic heterocycles. The largest absolute Gasteiger partial charge is 0.356 e. The van der Waals surface area contributed by atoms with Crippen LogP contribution >= 0.6 is 12.2 Å². The van der Waals surface area contributed by atoms with Crippen molar-refractivity contribution in [2.45, 2.75) is 32.2 Å². The summed E-state index contributed by atoms with van der Waals surface area (Å²) in [5, 5.41) is 7.23. The normalized spacial score (nSPS) is 14.3. The second-order valence-corrected chi connectivity index (χ2v) is 5.98. The molecule has 3 heteroatoms. The molecule has 1 atom stereocenters. The third kappa shape index (κ3) is 3.42. The molecule has 2 aromatic rings. The zero-order valence-corrected chi connectivity index (χ0v) is 13.0. The molecule has 21 heavy (non-hydrogen) atoms. The highest BCUT2D eigenvalue weighted by molar-refractivity contribution is 7.80. The maximum atomic E-state index is 5.39. The fraction of sp³-hybridized carbons (Fsp3) is 0.278. The van der Waals surface area contributed by atoms with Gasteiger partial charge < -0.3 is 10.6 Å². The van der Waals surface area contributed by atoms with Gasteiger partial charge in [0.25, 0.3) is 0 Å². The van der Waals surface area contributed by atoms with Crippen LogP contribution in [0.25, 0.3) is 0 Å². The molecular formula is C18H20N2S. The minimum absolute atomic E-state index is 0.208. The lowest BCUT2D eigenvalue weighted by Gasteiger charge is -2.18. The highest BCUT2D eigenvalue weighted by Gasteiger charge is 2.14. The summed E-state index contributed by atoms with van der Waals surface area (Å²) >= 11 is 5.39. The number of fused-ring (bicyclic) bond motifs is 1. The molecule has 1 aliphatic rings. The molecule has 0 amide bonds. The molecule has 108 valence electrons. The standard InChI is InChI=1S/C18H20N2S/c1-13(15-11-10-14-6-5-7-16(14)12-15)19-18(21)20-17-8-3-2-4-9-17/h2-4,8-13H,5-7H2,1H3,(H2,19,20,21)/t13-/m0/s1. The van der Waals surface area contributed by atoms with Crippen LogP contribution in [0.15, 0.2) is 48.5 Å². The Hall–Kier alpha value is -1.87. The lowest BCUT2D eigenvalue weighted by atomic mass is 10.0. The van der Waals surface area contributed by atoms with Crippen molar-refractivity contribution >= 4 is 23.0 Å². The Kier molecular flexibility index (Phi) is 4.20. The summed E-state index contributed by atoms with van der Waals surface area (Å²) in [4.78, 5) is 0. The predicted octanol–water partition coefficient (Wildman–Crippen LogP) is 4.22. The van der Waals surface area contributed by atoms with Gasteiger partial charge in [0, 0.05) is 5.69 Å². The smallest absolute Gasteiger partial charge is 0.171 e. The fourth-order valence-electron chi connectivity index (χ4n) is 2.83. The molecule has 3 rings (SSSR count). The van der Waals surface area contributed by atoms with E-state index in [1.54, 1.807) is 0 Å². The molecule has 0 fully saturated rings. The molecule has 0 unspecified atom stereocenters. The highest BCUT2D eigenvalue weighted by atomic mass is 32.1. The van der Waals surface area contributed by atoms with E-state index in [-0.39, 0.29) is 6.04 Å². The molecule has 0 saturated heterocycles. The Labute approximate surface area is 131 Å². The number of aryl methyl sites for hydroxylation is 2. The van der Waals surface area contributed by atoms with Crippen molar-refractivity contribution in [1.82, 2.24) is 5.32 Å². The minimum atomic E-state index is 0.208. The van der Waals surface area contributed by atoms with Crippen LogP contribution in [0.1, 0.15) is 36.1 Å². The van der Waals surface area contributed by atoms with Crippen molar-refractivity contribution in [1.29, 1.82) is 0 Å². The first kappa shape index (κ1) is 14.1. The van der Waals surface area contributed by atoms with E-state index < -0.39 is 0 Å². The molecular weight excluding hydrogens is 276 g/mol. The molecule has 2 aromatic carbocycles. The van der Waals surface area contributed by atoms with Crippen LogP contribution < -0.4 is 10.6 Å². The van der Waals surface area contributed by atoms with Crippen LogP contribution in [0.3, 0.4) is 0 Å². The van der Waals surface area contributed by atoms with Crippen molar-refractivity contribution in [3.05, 3.63) is 65.2 Å². The first-order valence-electron chi connectivity index (χ1n) is 7.46. The second-order valence-electron chi connectivity index (χ2n) is 5.57. The zero-order valence-electron chi connectivity index (χ0n) is 12.2. The molecule has 0 saturated carbocycles. The van der Waals surface area contributed by atoms with Crippen molar-refractivity contribution in [2.24, 2.45) is 0 Å². The molecule has 0 radical (unpaired) electrons. The van der Waals surface area contributed by atoms with Crippen LogP contribution in [0.4, 0.5) is 5.69 Å². The Morgan fingerprint density at radius 3 is 2.62 bits per heavy atom. The summed E-state index contributed by atoms with van der Waals surface area (Å²) in [5.74, 6) is 0. The quantitative estimate of drug-likeness (QED) is 0.829. The Morgan fingerprint density at radius 1 is 1.05 bits per heavy atom. The summed E-state index contributed by atoms with van der Waals surface area (Å²) < 4.78 is 0. The van der Waals surface area contributed by atoms with Gasteiger partial charge in [-0.2, -0.15) is 0 Å². The summed E-state index contributed by atoms with van der Waals surface area (Å²) in [6, 6.07) is 17.0. The predicted molar refractivity (Wildman–Crippen MR) is 92.7 cm³/mol. The van der Waals surface area contributed by atoms with E-state index in [2.05, 4.69) is 35.8 Å². The number of nitrogens with one attached hydrogen (secondary N) is 2. The summed E-state index contributed by atoms with van der Waals surface area (Å²) in [6.45, 7) is 2.15. The first-order chi connectivity index (χ1) is 10.2. The van der Waals surface area contributed by atoms with E-state index >= 15 is 0 Å². The van der Waals surface area contributed by atoms with Crippen molar-refractivity contribution in [2.75, 3.05) is 5.32 Å². The molecule has 0 heterocycles. The van der Waals surface area contributed by atoms with Crippen molar-refractivity contribution in [3.8, 4) is 0 Å². The number of hydrogen-bond acceptors (Lipinski definition) is 1. The van der Waals surface area contributed by atoms with E-state index in [1.807, 2.05) is 30.3 Å². The maximum Gasteiger partial charge on any atom is 0.171 e. The first-order valence-corrected chi connectivity index (χ1v) is 7.87. The third-order valence-electron chi connectivity index (χ3n) is 4.00. The van der Waals surface area contributed by atoms with Crippen LogP contribution in [0.5, 0.6) is 0 Å². The van der Waals surface area contributed by atoms with E-state index in [1.165, 1.54) is 36.0 Å². The topological polar surface area (TPSA) is 24.1 Å². The van der Waals surface area contributed by atoms with E-state index in [0.29, 0.717) is 5.11 Å². The number of para-hydroxylation sites is 1. The van der Waals surface area contributed by atoms with Crippen molar-refractivity contribution < 1.29 is 0 Å². The van der Waals surface area contributed by atoms with E-state index in [9.17, 15) is 0 Å². The van der Waals surface area contributed by atoms with Gasteiger partial charge in [0.1, 0.15) is 0 Å². The maximum absolute atomic E-state index is 5.39. The van der Waals surface area contributed by atoms with Gasteiger partial charge in [-0.15, -0.1) is 0 Å². The van der Waals surface area contributed by atoms with Gasteiger partial charge in [-0.3, -0.25) is 0 Å². The van der Waals surface area contributed by atoms with Gasteiger partial charge in [-0.25, -0.2) is 0 Å². The van der Waals surface area contributed by atoms with E-state index in [0.717, 1.165) is 5.69 Å². The SMILES string of the molecule is C[C@H](NC(=S)Nc1ccccc1)c1ccc2c(c1)CCC2. The monoisotopic (exact) mass is 296 g/mol. The zero-order chi connectivity index (χ0) is 14.7.